The number of pyridine rings is 2. The van der Waals surface area contributed by atoms with Crippen molar-refractivity contribution in [2.75, 3.05) is 0 Å². The Bertz CT molecular complexity index is 2800. The Labute approximate surface area is 276 Å². The summed E-state index contributed by atoms with van der Waals surface area (Å²) in [5.74, 6) is 1.93. The first-order valence-corrected chi connectivity index (χ1v) is 16.3. The zero-order valence-electron chi connectivity index (χ0n) is 26.0. The maximum atomic E-state index is 4.89. The summed E-state index contributed by atoms with van der Waals surface area (Å²) in [4.78, 5) is 8.85. The van der Waals surface area contributed by atoms with E-state index in [1.165, 1.54) is 38.1 Å². The van der Waals surface area contributed by atoms with Crippen LogP contribution >= 0.6 is 0 Å². The van der Waals surface area contributed by atoms with Crippen LogP contribution in [0.2, 0.25) is 0 Å². The largest absolute Gasteiger partial charge is 0.292 e. The third-order valence-electron chi connectivity index (χ3n) is 9.64. The van der Waals surface area contributed by atoms with E-state index < -0.39 is 0 Å². The van der Waals surface area contributed by atoms with Crippen molar-refractivity contribution in [3.05, 3.63) is 170 Å². The first-order valence-electron chi connectivity index (χ1n) is 16.3. The molecule has 0 unspecified atom stereocenters. The van der Waals surface area contributed by atoms with Crippen LogP contribution in [0.5, 0.6) is 0 Å². The van der Waals surface area contributed by atoms with Crippen molar-refractivity contribution in [3.63, 3.8) is 0 Å². The number of imidazole rings is 1. The Balaban J connectivity index is 1.43. The van der Waals surface area contributed by atoms with E-state index in [9.17, 15) is 0 Å². The number of aromatic amines is 1. The van der Waals surface area contributed by atoms with Crippen molar-refractivity contribution in [3.8, 4) is 39.6 Å². The lowest BCUT2D eigenvalue weighted by molar-refractivity contribution is -0.465. The molecule has 0 spiro atoms. The molecule has 0 aliphatic rings. The van der Waals surface area contributed by atoms with Gasteiger partial charge >= 0.3 is 0 Å². The third kappa shape index (κ3) is 3.90. The summed E-state index contributed by atoms with van der Waals surface area (Å²) < 4.78 is 4.81. The number of fused-ring (bicyclic) bond motifs is 10. The molecule has 4 aromatic heterocycles. The van der Waals surface area contributed by atoms with Gasteiger partial charge in [0.1, 0.15) is 11.3 Å². The van der Waals surface area contributed by atoms with Crippen LogP contribution in [0.15, 0.2) is 170 Å². The highest BCUT2D eigenvalue weighted by atomic mass is 15.1. The molecule has 10 aromatic rings. The number of rotatable bonds is 4. The summed E-state index contributed by atoms with van der Waals surface area (Å²) in [5.41, 5.74) is 10.3. The zero-order valence-corrected chi connectivity index (χ0v) is 26.0. The lowest BCUT2D eigenvalue weighted by Crippen LogP contribution is -2.25. The Hall–Kier alpha value is -6.52. The van der Waals surface area contributed by atoms with Gasteiger partial charge in [-0.15, -0.1) is 0 Å². The van der Waals surface area contributed by atoms with Crippen molar-refractivity contribution >= 4 is 49.0 Å². The van der Waals surface area contributed by atoms with E-state index in [-0.39, 0.29) is 0 Å². The van der Waals surface area contributed by atoms with Crippen molar-refractivity contribution in [1.29, 1.82) is 0 Å². The second-order valence-electron chi connectivity index (χ2n) is 12.3. The average molecular weight is 614 g/mol. The van der Waals surface area contributed by atoms with Crippen LogP contribution < -0.4 is 4.40 Å². The van der Waals surface area contributed by atoms with Gasteiger partial charge in [0.05, 0.1) is 11.1 Å². The van der Waals surface area contributed by atoms with Crippen LogP contribution in [0.3, 0.4) is 0 Å². The topological polar surface area (TPSA) is 37.7 Å². The molecular formula is C44H29N4+. The Morgan fingerprint density at radius 1 is 0.438 bits per heavy atom. The van der Waals surface area contributed by atoms with Gasteiger partial charge in [-0.3, -0.25) is 4.57 Å². The number of H-pyrrole nitrogens is 1. The van der Waals surface area contributed by atoms with Crippen LogP contribution in [-0.2, 0) is 0 Å². The molecule has 0 aliphatic heterocycles. The smallest absolute Gasteiger partial charge is 0.290 e. The second-order valence-corrected chi connectivity index (χ2v) is 12.3. The normalized spacial score (nSPS) is 11.8. The SMILES string of the molecule is c1ccc(-c2ccc(-c3[nH]c(-c4ccccc4)c4c5ccccc5c5ccc6c7ccccc7n(-c7ccccn7)c6c5[n+]34)cc2)cc1. The van der Waals surface area contributed by atoms with Crippen molar-refractivity contribution in [1.82, 2.24) is 14.5 Å². The molecule has 48 heavy (non-hydrogen) atoms. The Kier molecular flexibility index (Phi) is 5.84. The summed E-state index contributed by atoms with van der Waals surface area (Å²) in [6.45, 7) is 0. The lowest BCUT2D eigenvalue weighted by atomic mass is 10.0. The molecule has 1 N–H and O–H groups in total. The summed E-state index contributed by atoms with van der Waals surface area (Å²) in [7, 11) is 0. The van der Waals surface area contributed by atoms with Crippen LogP contribution in [0, 0.1) is 0 Å². The average Bonchev–Trinajstić information content (AvgIpc) is 3.73. The number of aromatic nitrogens is 4. The van der Waals surface area contributed by atoms with Crippen molar-refractivity contribution in [2.45, 2.75) is 0 Å². The number of nitrogens with zero attached hydrogens (tertiary/aromatic N) is 3. The number of nitrogens with one attached hydrogen (secondary N) is 1. The van der Waals surface area contributed by atoms with Gasteiger partial charge in [0.2, 0.25) is 0 Å². The highest BCUT2D eigenvalue weighted by molar-refractivity contribution is 6.22. The van der Waals surface area contributed by atoms with Gasteiger partial charge < -0.3 is 0 Å². The highest BCUT2D eigenvalue weighted by Crippen LogP contribution is 2.40. The van der Waals surface area contributed by atoms with E-state index in [0.29, 0.717) is 0 Å². The zero-order chi connectivity index (χ0) is 31.6. The van der Waals surface area contributed by atoms with Gasteiger partial charge in [0.15, 0.2) is 16.7 Å². The van der Waals surface area contributed by atoms with E-state index in [0.717, 1.165) is 50.5 Å². The maximum absolute atomic E-state index is 4.89. The molecule has 0 amide bonds. The van der Waals surface area contributed by atoms with Gasteiger partial charge in [0, 0.05) is 33.3 Å². The maximum Gasteiger partial charge on any atom is 0.292 e. The number of hydrogen-bond acceptors (Lipinski definition) is 1. The molecule has 0 aliphatic carbocycles. The minimum Gasteiger partial charge on any atom is -0.290 e. The molecule has 4 nitrogen and oxygen atoms in total. The quantitative estimate of drug-likeness (QED) is 0.156. The van der Waals surface area contributed by atoms with Crippen LogP contribution in [0.4, 0.5) is 0 Å². The molecular weight excluding hydrogens is 585 g/mol. The second kappa shape index (κ2) is 10.5. The predicted molar refractivity (Wildman–Crippen MR) is 197 cm³/mol. The fourth-order valence-electron chi connectivity index (χ4n) is 7.53. The van der Waals surface area contributed by atoms with Crippen LogP contribution in [-0.4, -0.2) is 14.5 Å². The van der Waals surface area contributed by atoms with Crippen molar-refractivity contribution < 1.29 is 4.40 Å². The van der Waals surface area contributed by atoms with Gasteiger partial charge in [-0.1, -0.05) is 121 Å². The summed E-state index contributed by atoms with van der Waals surface area (Å²) in [6.07, 6.45) is 1.88. The predicted octanol–water partition coefficient (Wildman–Crippen LogP) is 10.6. The van der Waals surface area contributed by atoms with Crippen molar-refractivity contribution in [2.24, 2.45) is 0 Å². The molecule has 4 heterocycles. The molecule has 4 heteroatoms. The van der Waals surface area contributed by atoms with Gasteiger partial charge in [-0.25, -0.2) is 9.97 Å². The fourth-order valence-corrected chi connectivity index (χ4v) is 7.53. The van der Waals surface area contributed by atoms with Gasteiger partial charge in [0.25, 0.3) is 5.82 Å². The monoisotopic (exact) mass is 613 g/mol. The molecule has 0 saturated carbocycles. The van der Waals surface area contributed by atoms with E-state index in [1.54, 1.807) is 0 Å². The summed E-state index contributed by atoms with van der Waals surface area (Å²) in [6, 6.07) is 58.4. The van der Waals surface area contributed by atoms with Gasteiger partial charge in [-0.05, 0) is 59.0 Å². The fraction of sp³-hybridized carbons (Fsp3) is 0. The molecule has 0 saturated heterocycles. The van der Waals surface area contributed by atoms with Gasteiger partial charge in [-0.2, -0.15) is 4.40 Å². The first-order chi connectivity index (χ1) is 23.8. The van der Waals surface area contributed by atoms with Crippen LogP contribution in [0.25, 0.3) is 88.6 Å². The minimum absolute atomic E-state index is 0.894. The Morgan fingerprint density at radius 3 is 1.77 bits per heavy atom. The van der Waals surface area contributed by atoms with E-state index in [4.69, 9.17) is 4.98 Å². The first kappa shape index (κ1) is 26.7. The number of hydrogen-bond donors (Lipinski definition) is 1. The van der Waals surface area contributed by atoms with E-state index >= 15 is 0 Å². The van der Waals surface area contributed by atoms with E-state index in [2.05, 4.69) is 172 Å². The summed E-state index contributed by atoms with van der Waals surface area (Å²) in [5, 5.41) is 6.01. The lowest BCUT2D eigenvalue weighted by Gasteiger charge is -2.11. The summed E-state index contributed by atoms with van der Waals surface area (Å²) >= 11 is 0. The molecule has 224 valence electrons. The molecule has 0 fully saturated rings. The molecule has 0 bridgehead atoms. The third-order valence-corrected chi connectivity index (χ3v) is 9.64. The molecule has 6 aromatic carbocycles. The number of benzene rings is 6. The van der Waals surface area contributed by atoms with E-state index in [1.807, 2.05) is 12.3 Å². The highest BCUT2D eigenvalue weighted by Gasteiger charge is 2.29. The molecule has 0 atom stereocenters. The molecule has 0 radical (unpaired) electrons. The van der Waals surface area contributed by atoms with Crippen LogP contribution in [0.1, 0.15) is 0 Å². The Morgan fingerprint density at radius 2 is 1.02 bits per heavy atom. The minimum atomic E-state index is 0.894. The standard InChI is InChI=1S/C44H28N4/c1-3-13-29(14-4-1)30-22-24-32(25-23-30)44-46-40(31-15-5-2-6-16-31)41-35-19-8-7-17-33(35)36-26-27-37-34-18-9-10-20-38(34)47(39-21-11-12-28-45-39)42(37)43(36)48(41)44/h1-28H/p+1. The molecule has 10 rings (SSSR count). The number of para-hydroxylation sites is 1.